The SMILES string of the molecule is C/C=C\c1[nH]c(C)nc1/N=C\C. The second-order valence-electron chi connectivity index (χ2n) is 2.45. The zero-order valence-electron chi connectivity index (χ0n) is 7.63. The number of aromatic amines is 1. The number of rotatable bonds is 2. The minimum Gasteiger partial charge on any atom is -0.341 e. The van der Waals surface area contributed by atoms with E-state index in [4.69, 9.17) is 0 Å². The average molecular weight is 163 g/mol. The lowest BCUT2D eigenvalue weighted by atomic mass is 10.4. The highest BCUT2D eigenvalue weighted by Gasteiger charge is 2.01. The minimum atomic E-state index is 0.758. The highest BCUT2D eigenvalue weighted by Crippen LogP contribution is 2.16. The Morgan fingerprint density at radius 2 is 2.17 bits per heavy atom. The molecule has 0 unspecified atom stereocenters. The van der Waals surface area contributed by atoms with Crippen LogP contribution in [0.4, 0.5) is 5.82 Å². The molecule has 1 aromatic rings. The molecule has 3 nitrogen and oxygen atoms in total. The number of hydrogen-bond acceptors (Lipinski definition) is 2. The summed E-state index contributed by atoms with van der Waals surface area (Å²) in [4.78, 5) is 11.5. The van der Waals surface area contributed by atoms with Crippen LogP contribution in [0.5, 0.6) is 0 Å². The van der Waals surface area contributed by atoms with E-state index >= 15 is 0 Å². The molecule has 1 heterocycles. The van der Waals surface area contributed by atoms with E-state index in [0.717, 1.165) is 17.3 Å². The Labute approximate surface area is 72.3 Å². The number of H-pyrrole nitrogens is 1. The monoisotopic (exact) mass is 163 g/mol. The van der Waals surface area contributed by atoms with Gasteiger partial charge in [0.05, 0.1) is 5.69 Å². The Balaban J connectivity index is 3.07. The van der Waals surface area contributed by atoms with Crippen LogP contribution in [0.15, 0.2) is 11.1 Å². The fraction of sp³-hybridized carbons (Fsp3) is 0.333. The van der Waals surface area contributed by atoms with Gasteiger partial charge < -0.3 is 4.98 Å². The number of aryl methyl sites for hydroxylation is 1. The Kier molecular flexibility index (Phi) is 2.80. The van der Waals surface area contributed by atoms with Crippen molar-refractivity contribution in [2.75, 3.05) is 0 Å². The van der Waals surface area contributed by atoms with E-state index in [1.807, 2.05) is 32.9 Å². The predicted octanol–water partition coefficient (Wildman–Crippen LogP) is 2.47. The van der Waals surface area contributed by atoms with Crippen molar-refractivity contribution < 1.29 is 0 Å². The van der Waals surface area contributed by atoms with Crippen LogP contribution >= 0.6 is 0 Å². The molecule has 0 saturated heterocycles. The molecule has 0 saturated carbocycles. The van der Waals surface area contributed by atoms with Gasteiger partial charge in [0.1, 0.15) is 5.82 Å². The summed E-state index contributed by atoms with van der Waals surface area (Å²) in [5, 5.41) is 0. The van der Waals surface area contributed by atoms with Crippen molar-refractivity contribution in [1.29, 1.82) is 0 Å². The van der Waals surface area contributed by atoms with Crippen molar-refractivity contribution in [3.8, 4) is 0 Å². The first kappa shape index (κ1) is 8.71. The van der Waals surface area contributed by atoms with Crippen LogP contribution < -0.4 is 0 Å². The molecule has 0 aromatic carbocycles. The summed E-state index contributed by atoms with van der Waals surface area (Å²) < 4.78 is 0. The van der Waals surface area contributed by atoms with Crippen LogP contribution in [0, 0.1) is 6.92 Å². The molecule has 12 heavy (non-hydrogen) atoms. The van der Waals surface area contributed by atoms with E-state index in [1.54, 1.807) is 6.21 Å². The van der Waals surface area contributed by atoms with Crippen molar-refractivity contribution in [3.05, 3.63) is 17.6 Å². The molecule has 0 aliphatic rings. The molecule has 0 atom stereocenters. The Bertz CT molecular complexity index is 278. The van der Waals surface area contributed by atoms with Gasteiger partial charge in [-0.05, 0) is 26.8 Å². The molecule has 0 aliphatic heterocycles. The molecule has 0 spiro atoms. The Morgan fingerprint density at radius 1 is 1.42 bits per heavy atom. The number of nitrogens with zero attached hydrogens (tertiary/aromatic N) is 2. The lowest BCUT2D eigenvalue weighted by molar-refractivity contribution is 1.14. The van der Waals surface area contributed by atoms with Crippen molar-refractivity contribution in [2.45, 2.75) is 20.8 Å². The van der Waals surface area contributed by atoms with E-state index in [0.29, 0.717) is 0 Å². The number of nitrogens with one attached hydrogen (secondary N) is 1. The van der Waals surface area contributed by atoms with Gasteiger partial charge >= 0.3 is 0 Å². The van der Waals surface area contributed by atoms with Gasteiger partial charge in [-0.15, -0.1) is 0 Å². The van der Waals surface area contributed by atoms with E-state index in [1.165, 1.54) is 0 Å². The fourth-order valence-electron chi connectivity index (χ4n) is 1.00. The highest BCUT2D eigenvalue weighted by molar-refractivity contribution is 5.65. The molecular weight excluding hydrogens is 150 g/mol. The van der Waals surface area contributed by atoms with Gasteiger partial charge in [-0.1, -0.05) is 6.08 Å². The van der Waals surface area contributed by atoms with E-state index < -0.39 is 0 Å². The third kappa shape index (κ3) is 1.81. The van der Waals surface area contributed by atoms with E-state index in [-0.39, 0.29) is 0 Å². The van der Waals surface area contributed by atoms with Crippen molar-refractivity contribution in [3.63, 3.8) is 0 Å². The fourth-order valence-corrected chi connectivity index (χ4v) is 1.00. The summed E-state index contributed by atoms with van der Waals surface area (Å²) in [6.07, 6.45) is 5.66. The molecular formula is C9H13N3. The van der Waals surface area contributed by atoms with Crippen LogP contribution in [0.2, 0.25) is 0 Å². The maximum atomic E-state index is 4.21. The molecule has 1 aromatic heterocycles. The van der Waals surface area contributed by atoms with E-state index in [9.17, 15) is 0 Å². The number of aromatic nitrogens is 2. The summed E-state index contributed by atoms with van der Waals surface area (Å²) in [7, 11) is 0. The molecule has 1 rings (SSSR count). The van der Waals surface area contributed by atoms with Gasteiger partial charge in [0.2, 0.25) is 0 Å². The molecule has 3 heteroatoms. The first-order valence-electron chi connectivity index (χ1n) is 3.96. The Hall–Kier alpha value is -1.38. The molecule has 1 N–H and O–H groups in total. The lowest BCUT2D eigenvalue weighted by Gasteiger charge is -1.86. The summed E-state index contributed by atoms with van der Waals surface area (Å²) in [5.74, 6) is 1.65. The predicted molar refractivity (Wildman–Crippen MR) is 51.9 cm³/mol. The van der Waals surface area contributed by atoms with Crippen LogP contribution in [0.25, 0.3) is 6.08 Å². The van der Waals surface area contributed by atoms with Crippen molar-refractivity contribution >= 4 is 18.1 Å². The summed E-state index contributed by atoms with van der Waals surface area (Å²) in [6, 6.07) is 0. The average Bonchev–Trinajstić information content (AvgIpc) is 2.33. The maximum Gasteiger partial charge on any atom is 0.177 e. The molecule has 0 bridgehead atoms. The van der Waals surface area contributed by atoms with Gasteiger partial charge in [-0.25, -0.2) is 9.98 Å². The van der Waals surface area contributed by atoms with Crippen LogP contribution in [-0.2, 0) is 0 Å². The number of allylic oxidation sites excluding steroid dienone is 1. The first-order valence-corrected chi connectivity index (χ1v) is 3.96. The Morgan fingerprint density at radius 3 is 2.75 bits per heavy atom. The van der Waals surface area contributed by atoms with Crippen molar-refractivity contribution in [1.82, 2.24) is 9.97 Å². The zero-order valence-corrected chi connectivity index (χ0v) is 7.63. The third-order valence-corrected chi connectivity index (χ3v) is 1.41. The second-order valence-corrected chi connectivity index (χ2v) is 2.45. The van der Waals surface area contributed by atoms with Gasteiger partial charge in [0.25, 0.3) is 0 Å². The summed E-state index contributed by atoms with van der Waals surface area (Å²) in [6.45, 7) is 5.76. The summed E-state index contributed by atoms with van der Waals surface area (Å²) in [5.41, 5.74) is 0.966. The number of imidazole rings is 1. The molecule has 0 fully saturated rings. The lowest BCUT2D eigenvalue weighted by Crippen LogP contribution is -1.71. The van der Waals surface area contributed by atoms with Crippen molar-refractivity contribution in [2.24, 2.45) is 4.99 Å². The van der Waals surface area contributed by atoms with Gasteiger partial charge in [0.15, 0.2) is 5.82 Å². The van der Waals surface area contributed by atoms with Gasteiger partial charge in [-0.2, -0.15) is 0 Å². The summed E-state index contributed by atoms with van der Waals surface area (Å²) >= 11 is 0. The standard InChI is InChI=1S/C9H13N3/c1-4-6-8-9(10-5-2)12-7(3)11-8/h4-6H,1-3H3,(H,11,12)/b6-4-,10-5-. The number of hydrogen-bond donors (Lipinski definition) is 1. The molecule has 0 aliphatic carbocycles. The van der Waals surface area contributed by atoms with Crippen LogP contribution in [-0.4, -0.2) is 16.2 Å². The van der Waals surface area contributed by atoms with Gasteiger partial charge in [-0.3, -0.25) is 0 Å². The molecule has 64 valence electrons. The van der Waals surface area contributed by atoms with Gasteiger partial charge in [0, 0.05) is 6.21 Å². The quantitative estimate of drug-likeness (QED) is 0.668. The first-order chi connectivity index (χ1) is 5.77. The second kappa shape index (κ2) is 3.85. The van der Waals surface area contributed by atoms with Crippen LogP contribution in [0.1, 0.15) is 25.4 Å². The molecule has 0 radical (unpaired) electrons. The molecule has 0 amide bonds. The van der Waals surface area contributed by atoms with Crippen LogP contribution in [0.3, 0.4) is 0 Å². The normalized spacial score (nSPS) is 11.9. The zero-order chi connectivity index (χ0) is 8.97. The topological polar surface area (TPSA) is 41.0 Å². The minimum absolute atomic E-state index is 0.758. The number of aliphatic imine (C=N–C) groups is 1. The largest absolute Gasteiger partial charge is 0.341 e. The third-order valence-electron chi connectivity index (χ3n) is 1.41. The smallest absolute Gasteiger partial charge is 0.177 e. The maximum absolute atomic E-state index is 4.21. The van der Waals surface area contributed by atoms with E-state index in [2.05, 4.69) is 15.0 Å². The highest BCUT2D eigenvalue weighted by atomic mass is 15.0.